The Kier molecular flexibility index (Phi) is 8.80. The maximum absolute atomic E-state index is 7.80. The van der Waals surface area contributed by atoms with Gasteiger partial charge in [-0.25, -0.2) is 4.99 Å². The van der Waals surface area contributed by atoms with Crippen LogP contribution in [-0.2, 0) is 6.42 Å². The van der Waals surface area contributed by atoms with Crippen molar-refractivity contribution < 1.29 is 0 Å². The van der Waals surface area contributed by atoms with Crippen molar-refractivity contribution in [1.82, 2.24) is 0 Å². The van der Waals surface area contributed by atoms with E-state index < -0.39 is 0 Å². The van der Waals surface area contributed by atoms with Gasteiger partial charge >= 0.3 is 0 Å². The standard InChI is InChI=1S/C24H38N4/c1-11-21(13-15(5)25)27-19(9)23-16(6)17(7)24(22(12-2)18(23)8)28-20(10)26-14(3)4/h21,25,28H,10-13H2,1-9H3. The van der Waals surface area contributed by atoms with E-state index in [9.17, 15) is 0 Å². The van der Waals surface area contributed by atoms with Gasteiger partial charge in [0.05, 0.1) is 6.04 Å². The monoisotopic (exact) mass is 382 g/mol. The first-order valence-corrected chi connectivity index (χ1v) is 10.2. The Morgan fingerprint density at radius 3 is 2.11 bits per heavy atom. The lowest BCUT2D eigenvalue weighted by Gasteiger charge is -2.23. The number of hydrogen-bond acceptors (Lipinski definition) is 4. The van der Waals surface area contributed by atoms with Crippen molar-refractivity contribution in [1.29, 1.82) is 5.41 Å². The van der Waals surface area contributed by atoms with Gasteiger partial charge in [-0.3, -0.25) is 4.99 Å². The van der Waals surface area contributed by atoms with Crippen LogP contribution in [0.15, 0.2) is 22.4 Å². The van der Waals surface area contributed by atoms with Crippen molar-refractivity contribution in [3.63, 3.8) is 0 Å². The van der Waals surface area contributed by atoms with Gasteiger partial charge in [-0.05, 0) is 83.6 Å². The zero-order chi connectivity index (χ0) is 21.6. The molecule has 0 aliphatic heterocycles. The molecule has 1 rings (SSSR count). The fraction of sp³-hybridized carbons (Fsp3) is 0.542. The number of nitrogens with zero attached hydrogens (tertiary/aromatic N) is 2. The van der Waals surface area contributed by atoms with Crippen molar-refractivity contribution >= 4 is 22.8 Å². The van der Waals surface area contributed by atoms with E-state index in [0.717, 1.165) is 36.4 Å². The summed E-state index contributed by atoms with van der Waals surface area (Å²) in [6, 6.07) is 0.168. The van der Waals surface area contributed by atoms with Crippen LogP contribution in [-0.4, -0.2) is 23.2 Å². The largest absolute Gasteiger partial charge is 0.340 e. The molecule has 0 heterocycles. The van der Waals surface area contributed by atoms with E-state index in [4.69, 9.17) is 10.4 Å². The van der Waals surface area contributed by atoms with E-state index in [0.29, 0.717) is 11.5 Å². The maximum Gasteiger partial charge on any atom is 0.122 e. The number of anilines is 1. The molecule has 4 nitrogen and oxygen atoms in total. The van der Waals surface area contributed by atoms with Crippen LogP contribution in [0.3, 0.4) is 0 Å². The summed E-state index contributed by atoms with van der Waals surface area (Å²) in [5.41, 5.74) is 10.1. The lowest BCUT2D eigenvalue weighted by atomic mass is 9.88. The normalized spacial score (nSPS) is 12.5. The number of hydrogen-bond donors (Lipinski definition) is 2. The molecule has 0 saturated carbocycles. The molecule has 0 aromatic heterocycles. The zero-order valence-electron chi connectivity index (χ0n) is 19.3. The molecule has 1 aromatic carbocycles. The van der Waals surface area contributed by atoms with Crippen LogP contribution in [0.25, 0.3) is 0 Å². The summed E-state index contributed by atoms with van der Waals surface area (Å²) < 4.78 is 0. The molecule has 1 unspecified atom stereocenters. The van der Waals surface area contributed by atoms with Crippen LogP contribution in [0, 0.1) is 26.2 Å². The van der Waals surface area contributed by atoms with Crippen molar-refractivity contribution in [2.75, 3.05) is 5.32 Å². The second-order valence-corrected chi connectivity index (χ2v) is 7.85. The van der Waals surface area contributed by atoms with Crippen molar-refractivity contribution in [3.8, 4) is 0 Å². The number of benzene rings is 1. The molecular formula is C24H38N4. The SMILES string of the molecule is C=C(N=C(C)C)Nc1c(C)c(C)c(C(C)=NC(CC)CC(C)=N)c(C)c1CC. The Morgan fingerprint density at radius 2 is 1.64 bits per heavy atom. The van der Waals surface area contributed by atoms with Gasteiger partial charge in [-0.15, -0.1) is 0 Å². The average Bonchev–Trinajstić information content (AvgIpc) is 2.58. The van der Waals surface area contributed by atoms with Gasteiger partial charge in [0.2, 0.25) is 0 Å². The van der Waals surface area contributed by atoms with Crippen LogP contribution >= 0.6 is 0 Å². The maximum atomic E-state index is 7.80. The number of aliphatic imine (C=N–C) groups is 2. The lowest BCUT2D eigenvalue weighted by Crippen LogP contribution is -2.15. The van der Waals surface area contributed by atoms with Crippen molar-refractivity contribution in [2.45, 2.75) is 87.6 Å². The Hall–Kier alpha value is -2.23. The molecule has 0 radical (unpaired) electrons. The van der Waals surface area contributed by atoms with Crippen LogP contribution in [0.2, 0.25) is 0 Å². The Bertz CT molecular complexity index is 809. The van der Waals surface area contributed by atoms with E-state index in [1.807, 2.05) is 20.8 Å². The highest BCUT2D eigenvalue weighted by molar-refractivity contribution is 6.03. The van der Waals surface area contributed by atoms with Gasteiger partial charge in [0.15, 0.2) is 0 Å². The van der Waals surface area contributed by atoms with Gasteiger partial charge in [-0.2, -0.15) is 0 Å². The highest BCUT2D eigenvalue weighted by Gasteiger charge is 2.19. The van der Waals surface area contributed by atoms with Crippen LogP contribution in [0.1, 0.15) is 82.2 Å². The first-order chi connectivity index (χ1) is 13.0. The molecule has 1 aromatic rings. The first-order valence-electron chi connectivity index (χ1n) is 10.2. The lowest BCUT2D eigenvalue weighted by molar-refractivity contribution is 0.675. The Labute approximate surface area is 171 Å². The molecule has 0 aliphatic carbocycles. The Balaban J connectivity index is 3.52. The second-order valence-electron chi connectivity index (χ2n) is 7.85. The fourth-order valence-electron chi connectivity index (χ4n) is 3.79. The van der Waals surface area contributed by atoms with Crippen molar-refractivity contribution in [3.05, 3.63) is 40.2 Å². The highest BCUT2D eigenvalue weighted by Crippen LogP contribution is 2.33. The summed E-state index contributed by atoms with van der Waals surface area (Å²) in [6.45, 7) is 22.8. The van der Waals surface area contributed by atoms with Gasteiger partial charge in [0.25, 0.3) is 0 Å². The molecule has 0 saturated heterocycles. The molecule has 0 bridgehead atoms. The molecular weight excluding hydrogens is 344 g/mol. The third kappa shape index (κ3) is 5.88. The summed E-state index contributed by atoms with van der Waals surface area (Å²) in [5.74, 6) is 0.669. The minimum Gasteiger partial charge on any atom is -0.340 e. The predicted molar refractivity (Wildman–Crippen MR) is 126 cm³/mol. The van der Waals surface area contributed by atoms with Gasteiger partial charge in [0.1, 0.15) is 5.82 Å². The first kappa shape index (κ1) is 23.8. The van der Waals surface area contributed by atoms with E-state index in [2.05, 4.69) is 58.4 Å². The zero-order valence-corrected chi connectivity index (χ0v) is 19.3. The van der Waals surface area contributed by atoms with Crippen LogP contribution in [0.5, 0.6) is 0 Å². The molecule has 4 heteroatoms. The molecule has 2 N–H and O–H groups in total. The number of rotatable bonds is 9. The predicted octanol–water partition coefficient (Wildman–Crippen LogP) is 6.56. The summed E-state index contributed by atoms with van der Waals surface area (Å²) in [4.78, 5) is 9.44. The van der Waals surface area contributed by atoms with Crippen molar-refractivity contribution in [2.24, 2.45) is 9.98 Å². The Morgan fingerprint density at radius 1 is 1.04 bits per heavy atom. The molecule has 0 amide bonds. The average molecular weight is 383 g/mol. The van der Waals surface area contributed by atoms with E-state index in [1.165, 1.54) is 27.8 Å². The summed E-state index contributed by atoms with van der Waals surface area (Å²) in [5, 5.41) is 11.2. The minimum absolute atomic E-state index is 0.168. The third-order valence-corrected chi connectivity index (χ3v) is 5.17. The second kappa shape index (κ2) is 10.4. The quantitative estimate of drug-likeness (QED) is 0.467. The van der Waals surface area contributed by atoms with Gasteiger partial charge in [0, 0.05) is 34.8 Å². The van der Waals surface area contributed by atoms with E-state index >= 15 is 0 Å². The molecule has 0 spiro atoms. The smallest absolute Gasteiger partial charge is 0.122 e. The highest BCUT2D eigenvalue weighted by atomic mass is 15.0. The fourth-order valence-corrected chi connectivity index (χ4v) is 3.79. The molecule has 0 aliphatic rings. The third-order valence-electron chi connectivity index (χ3n) is 5.17. The summed E-state index contributed by atoms with van der Waals surface area (Å²) >= 11 is 0. The minimum atomic E-state index is 0.168. The van der Waals surface area contributed by atoms with Gasteiger partial charge < -0.3 is 10.7 Å². The van der Waals surface area contributed by atoms with E-state index in [-0.39, 0.29) is 6.04 Å². The molecule has 28 heavy (non-hydrogen) atoms. The topological polar surface area (TPSA) is 60.6 Å². The summed E-state index contributed by atoms with van der Waals surface area (Å²) in [7, 11) is 0. The molecule has 0 fully saturated rings. The van der Waals surface area contributed by atoms with Crippen LogP contribution in [0.4, 0.5) is 5.69 Å². The molecule has 154 valence electrons. The molecule has 1 atom stereocenters. The van der Waals surface area contributed by atoms with E-state index in [1.54, 1.807) is 0 Å². The van der Waals surface area contributed by atoms with Gasteiger partial charge in [-0.1, -0.05) is 20.4 Å². The number of nitrogens with one attached hydrogen (secondary N) is 2. The summed E-state index contributed by atoms with van der Waals surface area (Å²) in [6.07, 6.45) is 2.59. The van der Waals surface area contributed by atoms with Crippen LogP contribution < -0.4 is 5.32 Å².